The minimum Gasteiger partial charge on any atom is -0.381 e. The second-order valence-corrected chi connectivity index (χ2v) is 3.29. The van der Waals surface area contributed by atoms with Gasteiger partial charge in [-0.1, -0.05) is 18.2 Å². The Morgan fingerprint density at radius 3 is 2.93 bits per heavy atom. The molecular weight excluding hydrogens is 182 g/mol. The second kappa shape index (κ2) is 3.08. The van der Waals surface area contributed by atoms with Crippen LogP contribution in [0.5, 0.6) is 0 Å². The SMILES string of the molecule is COCC1(O)C(=O)Nc2ccccc21. The predicted molar refractivity (Wildman–Crippen MR) is 50.8 cm³/mol. The van der Waals surface area contributed by atoms with E-state index in [2.05, 4.69) is 5.32 Å². The highest BCUT2D eigenvalue weighted by molar-refractivity contribution is 6.04. The second-order valence-electron chi connectivity index (χ2n) is 3.29. The van der Waals surface area contributed by atoms with Gasteiger partial charge in [-0.3, -0.25) is 4.79 Å². The molecule has 2 N–H and O–H groups in total. The first-order chi connectivity index (χ1) is 6.68. The number of fused-ring (bicyclic) bond motifs is 1. The molecule has 0 aliphatic carbocycles. The molecular formula is C10H11NO3. The van der Waals surface area contributed by atoms with Gasteiger partial charge in [0.15, 0.2) is 5.60 Å². The first-order valence-electron chi connectivity index (χ1n) is 4.31. The van der Waals surface area contributed by atoms with E-state index >= 15 is 0 Å². The van der Waals surface area contributed by atoms with E-state index < -0.39 is 11.5 Å². The zero-order valence-electron chi connectivity index (χ0n) is 7.78. The van der Waals surface area contributed by atoms with Gasteiger partial charge in [0.1, 0.15) is 0 Å². The van der Waals surface area contributed by atoms with Crippen molar-refractivity contribution in [1.29, 1.82) is 0 Å². The molecule has 4 nitrogen and oxygen atoms in total. The largest absolute Gasteiger partial charge is 0.381 e. The van der Waals surface area contributed by atoms with Gasteiger partial charge in [-0.2, -0.15) is 0 Å². The molecule has 1 aliphatic heterocycles. The average molecular weight is 193 g/mol. The number of hydrogen-bond acceptors (Lipinski definition) is 3. The van der Waals surface area contributed by atoms with Gasteiger partial charge >= 0.3 is 0 Å². The summed E-state index contributed by atoms with van der Waals surface area (Å²) in [5.41, 5.74) is -0.311. The maximum atomic E-state index is 11.5. The van der Waals surface area contributed by atoms with Crippen molar-refractivity contribution in [2.45, 2.75) is 5.60 Å². The van der Waals surface area contributed by atoms with Gasteiger partial charge < -0.3 is 15.2 Å². The maximum absolute atomic E-state index is 11.5. The van der Waals surface area contributed by atoms with Gasteiger partial charge in [-0.25, -0.2) is 0 Å². The molecule has 1 aliphatic rings. The van der Waals surface area contributed by atoms with Gasteiger partial charge in [0.25, 0.3) is 5.91 Å². The summed E-state index contributed by atoms with van der Waals surface area (Å²) in [5.74, 6) is -0.430. The number of benzene rings is 1. The molecule has 1 aromatic carbocycles. The monoisotopic (exact) mass is 193 g/mol. The Balaban J connectivity index is 2.48. The Morgan fingerprint density at radius 2 is 2.21 bits per heavy atom. The van der Waals surface area contributed by atoms with Gasteiger partial charge in [0.05, 0.1) is 6.61 Å². The van der Waals surface area contributed by atoms with Crippen LogP contribution in [0, 0.1) is 0 Å². The van der Waals surface area contributed by atoms with Crippen molar-refractivity contribution in [1.82, 2.24) is 0 Å². The van der Waals surface area contributed by atoms with E-state index in [0.29, 0.717) is 11.3 Å². The lowest BCUT2D eigenvalue weighted by Crippen LogP contribution is -2.38. The topological polar surface area (TPSA) is 58.6 Å². The number of ether oxygens (including phenoxy) is 1. The van der Waals surface area contributed by atoms with E-state index in [-0.39, 0.29) is 6.61 Å². The van der Waals surface area contributed by atoms with Crippen LogP contribution in [0.25, 0.3) is 0 Å². The van der Waals surface area contributed by atoms with Crippen LogP contribution in [-0.4, -0.2) is 24.7 Å². The molecule has 1 unspecified atom stereocenters. The average Bonchev–Trinajstić information content (AvgIpc) is 2.41. The summed E-state index contributed by atoms with van der Waals surface area (Å²) in [7, 11) is 1.45. The number of hydrogen-bond donors (Lipinski definition) is 2. The smallest absolute Gasteiger partial charge is 0.263 e. The number of para-hydroxylation sites is 1. The summed E-state index contributed by atoms with van der Waals surface area (Å²) in [6.07, 6.45) is 0. The van der Waals surface area contributed by atoms with Crippen molar-refractivity contribution in [3.8, 4) is 0 Å². The third-order valence-electron chi connectivity index (χ3n) is 2.35. The molecule has 74 valence electrons. The van der Waals surface area contributed by atoms with Crippen molar-refractivity contribution in [2.24, 2.45) is 0 Å². The number of rotatable bonds is 2. The summed E-state index contributed by atoms with van der Waals surface area (Å²) < 4.78 is 4.85. The number of amides is 1. The quantitative estimate of drug-likeness (QED) is 0.718. The fraction of sp³-hybridized carbons (Fsp3) is 0.300. The lowest BCUT2D eigenvalue weighted by Gasteiger charge is -2.19. The molecule has 4 heteroatoms. The Labute approximate surface area is 81.5 Å². The van der Waals surface area contributed by atoms with Crippen LogP contribution < -0.4 is 5.32 Å². The van der Waals surface area contributed by atoms with Crippen LogP contribution in [0.3, 0.4) is 0 Å². The maximum Gasteiger partial charge on any atom is 0.263 e. The third-order valence-corrected chi connectivity index (χ3v) is 2.35. The fourth-order valence-electron chi connectivity index (χ4n) is 1.65. The van der Waals surface area contributed by atoms with Crippen LogP contribution in [-0.2, 0) is 15.1 Å². The summed E-state index contributed by atoms with van der Waals surface area (Å²) in [4.78, 5) is 11.5. The molecule has 0 saturated carbocycles. The first kappa shape index (κ1) is 9.18. The minimum atomic E-state index is -1.54. The van der Waals surface area contributed by atoms with Crippen molar-refractivity contribution in [2.75, 3.05) is 19.0 Å². The third kappa shape index (κ3) is 1.12. The van der Waals surface area contributed by atoms with Gasteiger partial charge in [0, 0.05) is 18.4 Å². The zero-order valence-corrected chi connectivity index (χ0v) is 7.78. The molecule has 0 saturated heterocycles. The Kier molecular flexibility index (Phi) is 2.02. The van der Waals surface area contributed by atoms with Gasteiger partial charge in [-0.05, 0) is 6.07 Å². The molecule has 0 radical (unpaired) electrons. The predicted octanol–water partition coefficient (Wildman–Crippen LogP) is 0.473. The van der Waals surface area contributed by atoms with Crippen LogP contribution in [0.1, 0.15) is 5.56 Å². The molecule has 2 rings (SSSR count). The minimum absolute atomic E-state index is 0.0319. The molecule has 1 amide bonds. The van der Waals surface area contributed by atoms with E-state index in [1.54, 1.807) is 24.3 Å². The Morgan fingerprint density at radius 1 is 1.50 bits per heavy atom. The number of nitrogens with one attached hydrogen (secondary N) is 1. The van der Waals surface area contributed by atoms with Crippen LogP contribution in [0.4, 0.5) is 5.69 Å². The number of carbonyl (C=O) groups excluding carboxylic acids is 1. The Bertz CT molecular complexity index is 377. The number of anilines is 1. The van der Waals surface area contributed by atoms with Crippen LogP contribution in [0.2, 0.25) is 0 Å². The van der Waals surface area contributed by atoms with Gasteiger partial charge in [0.2, 0.25) is 0 Å². The van der Waals surface area contributed by atoms with Crippen LogP contribution in [0.15, 0.2) is 24.3 Å². The van der Waals surface area contributed by atoms with Gasteiger partial charge in [-0.15, -0.1) is 0 Å². The van der Waals surface area contributed by atoms with Crippen molar-refractivity contribution in [3.63, 3.8) is 0 Å². The molecule has 1 aromatic rings. The molecule has 1 heterocycles. The fourth-order valence-corrected chi connectivity index (χ4v) is 1.65. The first-order valence-corrected chi connectivity index (χ1v) is 4.31. The van der Waals surface area contributed by atoms with Crippen molar-refractivity contribution < 1.29 is 14.6 Å². The standard InChI is InChI=1S/C10H11NO3/c1-14-6-10(13)7-4-2-3-5-8(7)11-9(10)12/h2-5,13H,6H2,1H3,(H,11,12). The highest BCUT2D eigenvalue weighted by Gasteiger charge is 2.45. The van der Waals surface area contributed by atoms with E-state index in [0.717, 1.165) is 0 Å². The number of aliphatic hydroxyl groups is 1. The number of methoxy groups -OCH3 is 1. The van der Waals surface area contributed by atoms with Crippen molar-refractivity contribution >= 4 is 11.6 Å². The van der Waals surface area contributed by atoms with E-state index in [4.69, 9.17) is 4.74 Å². The molecule has 0 fully saturated rings. The lowest BCUT2D eigenvalue weighted by atomic mass is 9.97. The Hall–Kier alpha value is -1.39. The molecule has 14 heavy (non-hydrogen) atoms. The normalized spacial score (nSPS) is 24.6. The molecule has 0 bridgehead atoms. The summed E-state index contributed by atoms with van der Waals surface area (Å²) in [6, 6.07) is 7.05. The molecule has 1 atom stereocenters. The van der Waals surface area contributed by atoms with E-state index in [1.807, 2.05) is 0 Å². The van der Waals surface area contributed by atoms with E-state index in [1.165, 1.54) is 7.11 Å². The highest BCUT2D eigenvalue weighted by atomic mass is 16.5. The number of carbonyl (C=O) groups is 1. The van der Waals surface area contributed by atoms with Crippen molar-refractivity contribution in [3.05, 3.63) is 29.8 Å². The lowest BCUT2D eigenvalue weighted by molar-refractivity contribution is -0.139. The summed E-state index contributed by atoms with van der Waals surface area (Å²) >= 11 is 0. The molecule has 0 aromatic heterocycles. The molecule has 0 spiro atoms. The highest BCUT2D eigenvalue weighted by Crippen LogP contribution is 2.35. The zero-order chi connectivity index (χ0) is 10.2. The summed E-state index contributed by atoms with van der Waals surface area (Å²) in [6.45, 7) is -0.0319. The van der Waals surface area contributed by atoms with Crippen LogP contribution >= 0.6 is 0 Å². The van der Waals surface area contributed by atoms with E-state index in [9.17, 15) is 9.90 Å². The summed E-state index contributed by atoms with van der Waals surface area (Å²) in [5, 5.41) is 12.7.